The molecule has 0 unspecified atom stereocenters. The number of ether oxygens (including phenoxy) is 2. The molecule has 1 atom stereocenters. The Bertz CT molecular complexity index is 492. The van der Waals surface area contributed by atoms with Gasteiger partial charge in [-0.05, 0) is 43.5 Å². The molecule has 0 bridgehead atoms. The van der Waals surface area contributed by atoms with Gasteiger partial charge in [-0.25, -0.2) is 4.79 Å². The third-order valence-electron chi connectivity index (χ3n) is 2.70. The molecule has 18 heavy (non-hydrogen) atoms. The summed E-state index contributed by atoms with van der Waals surface area (Å²) in [4.78, 5) is 11.2. The van der Waals surface area contributed by atoms with Crippen molar-refractivity contribution < 1.29 is 19.4 Å². The van der Waals surface area contributed by atoms with Crippen molar-refractivity contribution in [3.05, 3.63) is 20.6 Å². The highest BCUT2D eigenvalue weighted by atomic mass is 79.9. The highest BCUT2D eigenvalue weighted by Gasteiger charge is 2.26. The summed E-state index contributed by atoms with van der Waals surface area (Å²) in [5.41, 5.74) is 0.827. The van der Waals surface area contributed by atoms with Gasteiger partial charge in [0.05, 0.1) is 24.2 Å². The summed E-state index contributed by atoms with van der Waals surface area (Å²) in [6, 6.07) is 1.52. The van der Waals surface area contributed by atoms with E-state index < -0.39 is 6.09 Å². The summed E-state index contributed by atoms with van der Waals surface area (Å²) in [5.74, 6) is 0.368. The van der Waals surface area contributed by atoms with Gasteiger partial charge in [0.1, 0.15) is 0 Å². The molecule has 1 aromatic rings. The molecule has 1 heterocycles. The van der Waals surface area contributed by atoms with Gasteiger partial charge >= 0.3 is 6.09 Å². The zero-order valence-corrected chi connectivity index (χ0v) is 12.7. The number of halogens is 2. The predicted molar refractivity (Wildman–Crippen MR) is 71.9 cm³/mol. The van der Waals surface area contributed by atoms with E-state index in [4.69, 9.17) is 9.47 Å². The van der Waals surface area contributed by atoms with E-state index in [1.54, 1.807) is 6.07 Å². The first kappa shape index (κ1) is 13.5. The van der Waals surface area contributed by atoms with E-state index in [2.05, 4.69) is 37.2 Å². The second kappa shape index (κ2) is 5.36. The van der Waals surface area contributed by atoms with Crippen LogP contribution in [0, 0.1) is 0 Å². The highest BCUT2D eigenvalue weighted by Crippen LogP contribution is 2.44. The second-order valence-corrected chi connectivity index (χ2v) is 5.35. The third-order valence-corrected chi connectivity index (χ3v) is 4.86. The average molecular weight is 381 g/mol. The van der Waals surface area contributed by atoms with Gasteiger partial charge in [-0.3, -0.25) is 0 Å². The molecular weight excluding hydrogens is 370 g/mol. The molecule has 5 nitrogen and oxygen atoms in total. The summed E-state index contributed by atoms with van der Waals surface area (Å²) in [7, 11) is 1.47. The number of hydrogen-bond donors (Lipinski definition) is 2. The number of carbonyl (C=O) groups is 1. The van der Waals surface area contributed by atoms with Crippen LogP contribution in [0.25, 0.3) is 0 Å². The van der Waals surface area contributed by atoms with Gasteiger partial charge in [0.25, 0.3) is 0 Å². The fourth-order valence-corrected chi connectivity index (χ4v) is 2.78. The van der Waals surface area contributed by atoms with Gasteiger partial charge in [-0.2, -0.15) is 0 Å². The Balaban J connectivity index is 2.43. The topological polar surface area (TPSA) is 67.8 Å². The van der Waals surface area contributed by atoms with Crippen LogP contribution in [0.15, 0.2) is 15.0 Å². The molecule has 1 aromatic carbocycles. The van der Waals surface area contributed by atoms with Crippen molar-refractivity contribution in [3.63, 3.8) is 0 Å². The molecule has 0 saturated carbocycles. The number of hydrogen-bond acceptors (Lipinski definition) is 4. The van der Waals surface area contributed by atoms with Crippen LogP contribution in [0.1, 0.15) is 18.0 Å². The van der Waals surface area contributed by atoms with Crippen LogP contribution in [-0.2, 0) is 4.74 Å². The minimum Gasteiger partial charge on any atom is -0.503 e. The van der Waals surface area contributed by atoms with Crippen LogP contribution in [-0.4, -0.2) is 24.9 Å². The maximum absolute atomic E-state index is 11.2. The SMILES string of the molecule is COc1cc([C@H]2CCOC(=O)N2)c(Br)c(Br)c1O. The van der Waals surface area contributed by atoms with Crippen molar-refractivity contribution in [3.8, 4) is 11.5 Å². The van der Waals surface area contributed by atoms with Gasteiger partial charge in [-0.1, -0.05) is 0 Å². The van der Waals surface area contributed by atoms with E-state index in [0.717, 1.165) is 5.56 Å². The summed E-state index contributed by atoms with van der Waals surface area (Å²) in [6.45, 7) is 0.365. The van der Waals surface area contributed by atoms with E-state index in [0.29, 0.717) is 27.7 Å². The minimum absolute atomic E-state index is 0.0199. The Hall–Kier alpha value is -0.950. The lowest BCUT2D eigenvalue weighted by Crippen LogP contribution is -2.35. The zero-order chi connectivity index (χ0) is 13.3. The zero-order valence-electron chi connectivity index (χ0n) is 9.50. The van der Waals surface area contributed by atoms with Crippen molar-refractivity contribution in [2.24, 2.45) is 0 Å². The van der Waals surface area contributed by atoms with E-state index in [1.807, 2.05) is 0 Å². The van der Waals surface area contributed by atoms with Crippen LogP contribution in [0.4, 0.5) is 4.79 Å². The van der Waals surface area contributed by atoms with Crippen LogP contribution in [0.3, 0.4) is 0 Å². The maximum atomic E-state index is 11.2. The van der Waals surface area contributed by atoms with Gasteiger partial charge in [0, 0.05) is 10.9 Å². The van der Waals surface area contributed by atoms with Crippen LogP contribution >= 0.6 is 31.9 Å². The summed E-state index contributed by atoms with van der Waals surface area (Å²) in [5, 5.41) is 12.6. The first-order chi connectivity index (χ1) is 8.54. The standard InChI is InChI=1S/C11H11Br2NO4/c1-17-7-4-5(8(12)9(13)10(7)15)6-2-3-18-11(16)14-6/h4,6,15H,2-3H2,1H3,(H,14,16)/t6-/m1/s1. The molecule has 2 N–H and O–H groups in total. The number of phenolic OH excluding ortho intramolecular Hbond substituents is 1. The van der Waals surface area contributed by atoms with Gasteiger partial charge in [0.15, 0.2) is 11.5 Å². The summed E-state index contributed by atoms with van der Waals surface area (Å²) in [6.07, 6.45) is 0.214. The molecule has 1 aliphatic rings. The smallest absolute Gasteiger partial charge is 0.407 e. The third kappa shape index (κ3) is 2.42. The Labute approximate surface area is 121 Å². The molecule has 1 saturated heterocycles. The van der Waals surface area contributed by atoms with Crippen molar-refractivity contribution in [2.75, 3.05) is 13.7 Å². The number of alkyl carbamates (subject to hydrolysis) is 1. The maximum Gasteiger partial charge on any atom is 0.407 e. The Kier molecular flexibility index (Phi) is 4.01. The molecule has 0 spiro atoms. The summed E-state index contributed by atoms with van der Waals surface area (Å²) >= 11 is 6.68. The molecule has 0 aromatic heterocycles. The fraction of sp³-hybridized carbons (Fsp3) is 0.364. The lowest BCUT2D eigenvalue weighted by atomic mass is 10.0. The van der Waals surface area contributed by atoms with Gasteiger partial charge in [-0.15, -0.1) is 0 Å². The molecule has 98 valence electrons. The van der Waals surface area contributed by atoms with Gasteiger partial charge < -0.3 is 19.9 Å². The largest absolute Gasteiger partial charge is 0.503 e. The van der Waals surface area contributed by atoms with Crippen molar-refractivity contribution in [2.45, 2.75) is 12.5 Å². The normalized spacial score (nSPS) is 19.1. The average Bonchev–Trinajstić information content (AvgIpc) is 2.36. The van der Waals surface area contributed by atoms with E-state index in [-0.39, 0.29) is 11.8 Å². The van der Waals surface area contributed by atoms with Crippen LogP contribution in [0.2, 0.25) is 0 Å². The molecule has 1 aliphatic heterocycles. The van der Waals surface area contributed by atoms with E-state index in [1.165, 1.54) is 7.11 Å². The molecule has 0 radical (unpaired) electrons. The number of nitrogens with one attached hydrogen (secondary N) is 1. The molecule has 0 aliphatic carbocycles. The molecular formula is C11H11Br2NO4. The highest BCUT2D eigenvalue weighted by molar-refractivity contribution is 9.13. The molecule has 7 heteroatoms. The number of amides is 1. The molecule has 1 fully saturated rings. The Morgan fingerprint density at radius 3 is 2.83 bits per heavy atom. The minimum atomic E-state index is -0.443. The van der Waals surface area contributed by atoms with Crippen molar-refractivity contribution in [1.82, 2.24) is 5.32 Å². The monoisotopic (exact) mass is 379 g/mol. The number of carbonyl (C=O) groups excluding carboxylic acids is 1. The molecule has 1 amide bonds. The second-order valence-electron chi connectivity index (χ2n) is 3.77. The lowest BCUT2D eigenvalue weighted by Gasteiger charge is -2.25. The fourth-order valence-electron chi connectivity index (χ4n) is 1.78. The predicted octanol–water partition coefficient (Wildman–Crippen LogP) is 3.10. The number of benzene rings is 1. The number of methoxy groups -OCH3 is 1. The number of cyclic esters (lactones) is 1. The van der Waals surface area contributed by atoms with Crippen molar-refractivity contribution >= 4 is 38.0 Å². The van der Waals surface area contributed by atoms with Crippen molar-refractivity contribution in [1.29, 1.82) is 0 Å². The molecule has 2 rings (SSSR count). The number of rotatable bonds is 2. The Morgan fingerprint density at radius 1 is 1.50 bits per heavy atom. The van der Waals surface area contributed by atoms with E-state index >= 15 is 0 Å². The summed E-state index contributed by atoms with van der Waals surface area (Å²) < 4.78 is 11.1. The quantitative estimate of drug-likeness (QED) is 0.827. The Morgan fingerprint density at radius 2 is 2.22 bits per heavy atom. The van der Waals surface area contributed by atoms with Gasteiger partial charge in [0.2, 0.25) is 0 Å². The van der Waals surface area contributed by atoms with E-state index in [9.17, 15) is 9.90 Å². The first-order valence-electron chi connectivity index (χ1n) is 5.22. The number of phenols is 1. The lowest BCUT2D eigenvalue weighted by molar-refractivity contribution is 0.115. The van der Waals surface area contributed by atoms with Crippen LogP contribution < -0.4 is 10.1 Å². The van der Waals surface area contributed by atoms with Crippen LogP contribution in [0.5, 0.6) is 11.5 Å². The number of aromatic hydroxyl groups is 1. The first-order valence-corrected chi connectivity index (χ1v) is 6.81.